The third-order valence-electron chi connectivity index (χ3n) is 3.15. The van der Waals surface area contributed by atoms with Crippen molar-refractivity contribution >= 4 is 10.0 Å². The van der Waals surface area contributed by atoms with Gasteiger partial charge in [-0.15, -0.1) is 0 Å². The first-order valence-corrected chi connectivity index (χ1v) is 8.36. The molecule has 2 rings (SSSR count). The third kappa shape index (κ3) is 5.30. The number of nitrogens with zero attached hydrogens (tertiary/aromatic N) is 2. The lowest BCUT2D eigenvalue weighted by atomic mass is 10.1. The zero-order chi connectivity index (χ0) is 13.6. The zero-order valence-electron chi connectivity index (χ0n) is 11.0. The van der Waals surface area contributed by atoms with E-state index in [1.54, 1.807) is 12.5 Å². The van der Waals surface area contributed by atoms with Crippen LogP contribution in [0.15, 0.2) is 18.7 Å². The molecule has 1 unspecified atom stereocenters. The van der Waals surface area contributed by atoms with Gasteiger partial charge in [0.05, 0.1) is 18.2 Å². The first kappa shape index (κ1) is 14.5. The van der Waals surface area contributed by atoms with Gasteiger partial charge in [0.2, 0.25) is 10.0 Å². The Morgan fingerprint density at radius 3 is 3.00 bits per heavy atom. The fourth-order valence-corrected chi connectivity index (χ4v) is 3.48. The van der Waals surface area contributed by atoms with Crippen LogP contribution >= 0.6 is 0 Å². The van der Waals surface area contributed by atoms with Crippen LogP contribution in [-0.2, 0) is 21.3 Å². The van der Waals surface area contributed by atoms with Crippen LogP contribution in [0.2, 0.25) is 0 Å². The summed E-state index contributed by atoms with van der Waals surface area (Å²) in [7, 11) is -3.22. The van der Waals surface area contributed by atoms with Gasteiger partial charge in [-0.1, -0.05) is 0 Å². The van der Waals surface area contributed by atoms with E-state index in [4.69, 9.17) is 4.74 Å². The molecule has 0 aliphatic carbocycles. The molecule has 0 spiro atoms. The van der Waals surface area contributed by atoms with E-state index in [0.717, 1.165) is 32.2 Å². The Hall–Kier alpha value is -0.920. The number of sulfonamides is 1. The van der Waals surface area contributed by atoms with Crippen LogP contribution in [-0.4, -0.2) is 43.0 Å². The van der Waals surface area contributed by atoms with Crippen LogP contribution in [0.1, 0.15) is 25.7 Å². The van der Waals surface area contributed by atoms with Crippen molar-refractivity contribution in [3.8, 4) is 0 Å². The Balaban J connectivity index is 1.65. The first-order valence-electron chi connectivity index (χ1n) is 6.70. The minimum Gasteiger partial charge on any atom is -0.377 e. The Kier molecular flexibility index (Phi) is 5.35. The van der Waals surface area contributed by atoms with Crippen LogP contribution in [0, 0.1) is 0 Å². The van der Waals surface area contributed by atoms with Gasteiger partial charge in [0, 0.05) is 32.1 Å². The number of rotatable bonds is 7. The van der Waals surface area contributed by atoms with E-state index in [9.17, 15) is 8.42 Å². The Morgan fingerprint density at radius 2 is 2.32 bits per heavy atom. The highest BCUT2D eigenvalue weighted by atomic mass is 32.2. The lowest BCUT2D eigenvalue weighted by Crippen LogP contribution is -2.35. The average molecular weight is 287 g/mol. The molecule has 19 heavy (non-hydrogen) atoms. The molecular formula is C12H21N3O3S. The monoisotopic (exact) mass is 287 g/mol. The standard InChI is InChI=1S/C12H21N3O3S/c16-19(17,10-12-4-1-2-9-18-12)14-5-3-7-15-8-6-13-11-15/h6,8,11-12,14H,1-5,7,9-10H2. The molecule has 1 fully saturated rings. The van der Waals surface area contributed by atoms with Crippen molar-refractivity contribution in [1.29, 1.82) is 0 Å². The number of nitrogens with one attached hydrogen (secondary N) is 1. The summed E-state index contributed by atoms with van der Waals surface area (Å²) < 4.78 is 33.7. The summed E-state index contributed by atoms with van der Waals surface area (Å²) in [4.78, 5) is 3.93. The molecule has 1 N–H and O–H groups in total. The summed E-state index contributed by atoms with van der Waals surface area (Å²) in [6.07, 6.45) is 8.85. The molecule has 108 valence electrons. The minimum absolute atomic E-state index is 0.0814. The topological polar surface area (TPSA) is 73.2 Å². The maximum absolute atomic E-state index is 11.8. The summed E-state index contributed by atoms with van der Waals surface area (Å²) in [6, 6.07) is 0. The SMILES string of the molecule is O=S(=O)(CC1CCCCO1)NCCCn1ccnc1. The zero-order valence-corrected chi connectivity index (χ0v) is 11.8. The Bertz CT molecular complexity index is 453. The van der Waals surface area contributed by atoms with Crippen molar-refractivity contribution < 1.29 is 13.2 Å². The van der Waals surface area contributed by atoms with Crippen molar-refractivity contribution in [2.45, 2.75) is 38.3 Å². The molecule has 0 aromatic carbocycles. The van der Waals surface area contributed by atoms with E-state index in [-0.39, 0.29) is 11.9 Å². The molecule has 1 aromatic heterocycles. The molecule has 1 atom stereocenters. The van der Waals surface area contributed by atoms with Gasteiger partial charge in [-0.3, -0.25) is 0 Å². The Labute approximate surface area is 114 Å². The second-order valence-electron chi connectivity index (χ2n) is 4.82. The number of hydrogen-bond acceptors (Lipinski definition) is 4. The van der Waals surface area contributed by atoms with Crippen LogP contribution in [0.4, 0.5) is 0 Å². The minimum atomic E-state index is -3.22. The molecule has 7 heteroatoms. The lowest BCUT2D eigenvalue weighted by Gasteiger charge is -2.22. The second-order valence-corrected chi connectivity index (χ2v) is 6.67. The molecule has 0 bridgehead atoms. The van der Waals surface area contributed by atoms with Gasteiger partial charge in [0.1, 0.15) is 0 Å². The third-order valence-corrected chi connectivity index (χ3v) is 4.61. The van der Waals surface area contributed by atoms with E-state index in [1.807, 2.05) is 10.8 Å². The van der Waals surface area contributed by atoms with Crippen LogP contribution < -0.4 is 4.72 Å². The van der Waals surface area contributed by atoms with E-state index in [1.165, 1.54) is 0 Å². The van der Waals surface area contributed by atoms with Crippen molar-refractivity contribution in [3.63, 3.8) is 0 Å². The van der Waals surface area contributed by atoms with Gasteiger partial charge in [0.15, 0.2) is 0 Å². The van der Waals surface area contributed by atoms with Crippen LogP contribution in [0.25, 0.3) is 0 Å². The Morgan fingerprint density at radius 1 is 1.42 bits per heavy atom. The molecular weight excluding hydrogens is 266 g/mol. The lowest BCUT2D eigenvalue weighted by molar-refractivity contribution is 0.0304. The molecule has 2 heterocycles. The van der Waals surface area contributed by atoms with Gasteiger partial charge in [-0.2, -0.15) is 0 Å². The first-order chi connectivity index (χ1) is 9.16. The van der Waals surface area contributed by atoms with Crippen molar-refractivity contribution in [2.24, 2.45) is 0 Å². The van der Waals surface area contributed by atoms with Gasteiger partial charge >= 0.3 is 0 Å². The normalized spacial score (nSPS) is 20.5. The maximum atomic E-state index is 11.8. The summed E-state index contributed by atoms with van der Waals surface area (Å²) in [5, 5.41) is 0. The van der Waals surface area contributed by atoms with E-state index < -0.39 is 10.0 Å². The van der Waals surface area contributed by atoms with Gasteiger partial charge < -0.3 is 9.30 Å². The maximum Gasteiger partial charge on any atom is 0.214 e. The molecule has 6 nitrogen and oxygen atoms in total. The number of imidazole rings is 1. The highest BCUT2D eigenvalue weighted by Crippen LogP contribution is 2.13. The highest BCUT2D eigenvalue weighted by Gasteiger charge is 2.21. The number of aromatic nitrogens is 2. The van der Waals surface area contributed by atoms with Crippen LogP contribution in [0.5, 0.6) is 0 Å². The predicted molar refractivity (Wildman–Crippen MR) is 72.2 cm³/mol. The average Bonchev–Trinajstić information content (AvgIpc) is 2.88. The molecule has 1 aliphatic heterocycles. The quantitative estimate of drug-likeness (QED) is 0.752. The molecule has 1 aliphatic rings. The summed E-state index contributed by atoms with van der Waals surface area (Å²) in [5.41, 5.74) is 0. The second kappa shape index (κ2) is 7.02. The van der Waals surface area contributed by atoms with Crippen molar-refractivity contribution in [1.82, 2.24) is 14.3 Å². The van der Waals surface area contributed by atoms with Gasteiger partial charge in [-0.05, 0) is 25.7 Å². The summed E-state index contributed by atoms with van der Waals surface area (Å²) in [6.45, 7) is 1.90. The predicted octanol–water partition coefficient (Wildman–Crippen LogP) is 0.762. The summed E-state index contributed by atoms with van der Waals surface area (Å²) >= 11 is 0. The van der Waals surface area contributed by atoms with Gasteiger partial charge in [-0.25, -0.2) is 18.1 Å². The van der Waals surface area contributed by atoms with Crippen molar-refractivity contribution in [3.05, 3.63) is 18.7 Å². The molecule has 0 amide bonds. The van der Waals surface area contributed by atoms with Crippen molar-refractivity contribution in [2.75, 3.05) is 18.9 Å². The van der Waals surface area contributed by atoms with Crippen LogP contribution in [0.3, 0.4) is 0 Å². The van der Waals surface area contributed by atoms with E-state index in [0.29, 0.717) is 13.2 Å². The largest absolute Gasteiger partial charge is 0.377 e. The molecule has 1 saturated heterocycles. The highest BCUT2D eigenvalue weighted by molar-refractivity contribution is 7.89. The fourth-order valence-electron chi connectivity index (χ4n) is 2.15. The van der Waals surface area contributed by atoms with E-state index in [2.05, 4.69) is 9.71 Å². The molecule has 0 saturated carbocycles. The van der Waals surface area contributed by atoms with E-state index >= 15 is 0 Å². The fraction of sp³-hybridized carbons (Fsp3) is 0.750. The number of hydrogen-bond donors (Lipinski definition) is 1. The number of aryl methyl sites for hydroxylation is 1. The molecule has 0 radical (unpaired) electrons. The molecule has 1 aromatic rings. The smallest absolute Gasteiger partial charge is 0.214 e. The summed E-state index contributed by atoms with van der Waals surface area (Å²) in [5.74, 6) is 0.0814. The van der Waals surface area contributed by atoms with Gasteiger partial charge in [0.25, 0.3) is 0 Å². The number of ether oxygens (including phenoxy) is 1.